The highest BCUT2D eigenvalue weighted by Crippen LogP contribution is 2.29. The standard InChI is InChI=1S/C23H32N2O/c26-23(21-4-1-2-5-21)24-17-20-10-8-18(9-11-20)16-19-12-14-25(15-13-19)22-6-3-7-22/h8-11,16,21-22H,1-7,12-15,17H2,(H,24,26). The molecule has 1 aromatic carbocycles. The number of hydrogen-bond donors (Lipinski definition) is 1. The predicted molar refractivity (Wildman–Crippen MR) is 107 cm³/mol. The molecule has 140 valence electrons. The van der Waals surface area contributed by atoms with Crippen molar-refractivity contribution in [2.24, 2.45) is 5.92 Å². The fraction of sp³-hybridized carbons (Fsp3) is 0.609. The van der Waals surface area contributed by atoms with Crippen molar-refractivity contribution in [3.8, 4) is 0 Å². The van der Waals surface area contributed by atoms with Gasteiger partial charge in [-0.1, -0.05) is 55.2 Å². The van der Waals surface area contributed by atoms with E-state index >= 15 is 0 Å². The van der Waals surface area contributed by atoms with Gasteiger partial charge >= 0.3 is 0 Å². The van der Waals surface area contributed by atoms with Crippen LogP contribution in [0.1, 0.15) is 68.9 Å². The quantitative estimate of drug-likeness (QED) is 0.845. The molecule has 26 heavy (non-hydrogen) atoms. The van der Waals surface area contributed by atoms with Gasteiger partial charge in [0.15, 0.2) is 0 Å². The molecule has 0 atom stereocenters. The van der Waals surface area contributed by atoms with Crippen LogP contribution in [0.4, 0.5) is 0 Å². The van der Waals surface area contributed by atoms with Gasteiger partial charge < -0.3 is 5.32 Å². The van der Waals surface area contributed by atoms with Crippen molar-refractivity contribution in [1.82, 2.24) is 10.2 Å². The Balaban J connectivity index is 1.25. The molecule has 0 bridgehead atoms. The third-order valence-corrected chi connectivity index (χ3v) is 6.57. The van der Waals surface area contributed by atoms with E-state index in [2.05, 4.69) is 40.6 Å². The number of nitrogens with one attached hydrogen (secondary N) is 1. The summed E-state index contributed by atoms with van der Waals surface area (Å²) in [4.78, 5) is 14.8. The first-order valence-corrected chi connectivity index (χ1v) is 10.6. The van der Waals surface area contributed by atoms with E-state index in [0.717, 1.165) is 18.9 Å². The molecule has 1 amide bonds. The minimum Gasteiger partial charge on any atom is -0.352 e. The Morgan fingerprint density at radius 3 is 2.31 bits per heavy atom. The molecule has 1 aromatic rings. The zero-order valence-electron chi connectivity index (χ0n) is 15.9. The number of carbonyl (C=O) groups is 1. The van der Waals surface area contributed by atoms with Crippen molar-refractivity contribution in [1.29, 1.82) is 0 Å². The van der Waals surface area contributed by atoms with Crippen LogP contribution in [0.3, 0.4) is 0 Å². The van der Waals surface area contributed by atoms with E-state index in [1.807, 2.05) is 0 Å². The molecule has 1 heterocycles. The molecule has 1 aliphatic heterocycles. The fourth-order valence-corrected chi connectivity index (χ4v) is 4.56. The number of carbonyl (C=O) groups excluding carboxylic acids is 1. The van der Waals surface area contributed by atoms with Gasteiger partial charge in [-0.05, 0) is 49.7 Å². The molecule has 2 saturated carbocycles. The van der Waals surface area contributed by atoms with E-state index in [4.69, 9.17) is 0 Å². The van der Waals surface area contributed by atoms with Gasteiger partial charge in [0.05, 0.1) is 0 Å². The third kappa shape index (κ3) is 4.37. The molecule has 3 aliphatic rings. The average Bonchev–Trinajstić information content (AvgIpc) is 3.16. The normalized spacial score (nSPS) is 22.2. The molecule has 3 nitrogen and oxygen atoms in total. The van der Waals surface area contributed by atoms with Crippen LogP contribution in [0.5, 0.6) is 0 Å². The summed E-state index contributed by atoms with van der Waals surface area (Å²) >= 11 is 0. The number of hydrogen-bond acceptors (Lipinski definition) is 2. The lowest BCUT2D eigenvalue weighted by Gasteiger charge is -2.40. The molecule has 3 heteroatoms. The van der Waals surface area contributed by atoms with Crippen molar-refractivity contribution in [3.05, 3.63) is 41.0 Å². The Morgan fingerprint density at radius 1 is 1.00 bits per heavy atom. The van der Waals surface area contributed by atoms with Gasteiger partial charge in [-0.3, -0.25) is 9.69 Å². The number of piperidine rings is 1. The largest absolute Gasteiger partial charge is 0.352 e. The number of benzene rings is 1. The molecule has 4 rings (SSSR count). The molecule has 3 fully saturated rings. The van der Waals surface area contributed by atoms with Crippen molar-refractivity contribution in [2.75, 3.05) is 13.1 Å². The van der Waals surface area contributed by atoms with Crippen LogP contribution in [0.2, 0.25) is 0 Å². The number of likely N-dealkylation sites (tertiary alicyclic amines) is 1. The van der Waals surface area contributed by atoms with Crippen molar-refractivity contribution < 1.29 is 4.79 Å². The molecule has 0 spiro atoms. The van der Waals surface area contributed by atoms with Gasteiger partial charge in [0, 0.05) is 31.6 Å². The van der Waals surface area contributed by atoms with E-state index in [9.17, 15) is 4.79 Å². The summed E-state index contributed by atoms with van der Waals surface area (Å²) in [5.41, 5.74) is 4.07. The second kappa shape index (κ2) is 8.39. The molecule has 1 saturated heterocycles. The topological polar surface area (TPSA) is 32.3 Å². The molecule has 0 aromatic heterocycles. The summed E-state index contributed by atoms with van der Waals surface area (Å²) in [5.74, 6) is 0.497. The lowest BCUT2D eigenvalue weighted by molar-refractivity contribution is -0.124. The summed E-state index contributed by atoms with van der Waals surface area (Å²) in [6.45, 7) is 3.13. The Labute approximate surface area is 157 Å². The van der Waals surface area contributed by atoms with Crippen LogP contribution in [-0.2, 0) is 11.3 Å². The highest BCUT2D eigenvalue weighted by Gasteiger charge is 2.26. The maximum atomic E-state index is 12.1. The van der Waals surface area contributed by atoms with Gasteiger partial charge in [0.1, 0.15) is 0 Å². The van der Waals surface area contributed by atoms with E-state index in [1.54, 1.807) is 5.57 Å². The first kappa shape index (κ1) is 17.8. The van der Waals surface area contributed by atoms with E-state index in [1.165, 1.54) is 69.2 Å². The molecule has 1 N–H and O–H groups in total. The summed E-state index contributed by atoms with van der Waals surface area (Å²) in [6.07, 6.45) is 13.6. The van der Waals surface area contributed by atoms with E-state index < -0.39 is 0 Å². The molecule has 2 aliphatic carbocycles. The van der Waals surface area contributed by atoms with Crippen LogP contribution >= 0.6 is 0 Å². The Bertz CT molecular complexity index is 629. The summed E-state index contributed by atoms with van der Waals surface area (Å²) in [7, 11) is 0. The van der Waals surface area contributed by atoms with Gasteiger partial charge in [-0.2, -0.15) is 0 Å². The van der Waals surface area contributed by atoms with Crippen molar-refractivity contribution in [3.63, 3.8) is 0 Å². The Hall–Kier alpha value is -1.61. The van der Waals surface area contributed by atoms with Crippen LogP contribution in [0, 0.1) is 5.92 Å². The zero-order chi connectivity index (χ0) is 17.8. The van der Waals surface area contributed by atoms with Crippen LogP contribution in [0.25, 0.3) is 6.08 Å². The number of rotatable bonds is 5. The lowest BCUT2D eigenvalue weighted by Crippen LogP contribution is -2.43. The average molecular weight is 353 g/mol. The third-order valence-electron chi connectivity index (χ3n) is 6.57. The molecule has 0 unspecified atom stereocenters. The van der Waals surface area contributed by atoms with Crippen molar-refractivity contribution in [2.45, 2.75) is 70.4 Å². The van der Waals surface area contributed by atoms with Gasteiger partial charge in [-0.25, -0.2) is 0 Å². The second-order valence-corrected chi connectivity index (χ2v) is 8.36. The van der Waals surface area contributed by atoms with Crippen molar-refractivity contribution >= 4 is 12.0 Å². The SMILES string of the molecule is O=C(NCc1ccc(C=C2CCN(C3CCC3)CC2)cc1)C1CCCC1. The maximum absolute atomic E-state index is 12.1. The monoisotopic (exact) mass is 352 g/mol. The zero-order valence-corrected chi connectivity index (χ0v) is 15.9. The Kier molecular flexibility index (Phi) is 5.74. The van der Waals surface area contributed by atoms with Gasteiger partial charge in [0.25, 0.3) is 0 Å². The smallest absolute Gasteiger partial charge is 0.223 e. The maximum Gasteiger partial charge on any atom is 0.223 e. The molecular weight excluding hydrogens is 320 g/mol. The summed E-state index contributed by atoms with van der Waals surface area (Å²) in [6, 6.07) is 9.59. The van der Waals surface area contributed by atoms with Crippen LogP contribution in [-0.4, -0.2) is 29.9 Å². The minimum absolute atomic E-state index is 0.243. The second-order valence-electron chi connectivity index (χ2n) is 8.36. The first-order valence-electron chi connectivity index (χ1n) is 10.6. The number of amides is 1. The highest BCUT2D eigenvalue weighted by atomic mass is 16.1. The molecule has 0 radical (unpaired) electrons. The van der Waals surface area contributed by atoms with Crippen LogP contribution < -0.4 is 5.32 Å². The Morgan fingerprint density at radius 2 is 1.69 bits per heavy atom. The first-order chi connectivity index (χ1) is 12.8. The fourth-order valence-electron chi connectivity index (χ4n) is 4.56. The van der Waals surface area contributed by atoms with E-state index in [-0.39, 0.29) is 11.8 Å². The lowest BCUT2D eigenvalue weighted by atomic mass is 9.89. The highest BCUT2D eigenvalue weighted by molar-refractivity contribution is 5.78. The minimum atomic E-state index is 0.243. The van der Waals surface area contributed by atoms with Crippen LogP contribution in [0.15, 0.2) is 29.8 Å². The predicted octanol–water partition coefficient (Wildman–Crippen LogP) is 4.52. The summed E-state index contributed by atoms with van der Waals surface area (Å²) in [5, 5.41) is 3.11. The van der Waals surface area contributed by atoms with Gasteiger partial charge in [-0.15, -0.1) is 0 Å². The van der Waals surface area contributed by atoms with E-state index in [0.29, 0.717) is 6.54 Å². The number of nitrogens with zero attached hydrogens (tertiary/aromatic N) is 1. The molecular formula is C23H32N2O. The summed E-state index contributed by atoms with van der Waals surface area (Å²) < 4.78 is 0. The van der Waals surface area contributed by atoms with Gasteiger partial charge in [0.2, 0.25) is 5.91 Å².